The molecule has 14 heavy (non-hydrogen) atoms. The van der Waals surface area contributed by atoms with Crippen molar-refractivity contribution in [2.75, 3.05) is 0 Å². The molecular formula is C10H9ClF2O. The number of carbonyl (C=O) groups is 1. The van der Waals surface area contributed by atoms with Gasteiger partial charge in [-0.1, -0.05) is 18.5 Å². The average molecular weight is 219 g/mol. The highest BCUT2D eigenvalue weighted by atomic mass is 35.5. The summed E-state index contributed by atoms with van der Waals surface area (Å²) in [6.45, 7) is 1.64. The van der Waals surface area contributed by atoms with Gasteiger partial charge in [-0.05, 0) is 12.1 Å². The van der Waals surface area contributed by atoms with Crippen LogP contribution in [0.15, 0.2) is 12.1 Å². The Labute approximate surface area is 85.7 Å². The van der Waals surface area contributed by atoms with E-state index >= 15 is 0 Å². The topological polar surface area (TPSA) is 17.1 Å². The van der Waals surface area contributed by atoms with Gasteiger partial charge in [-0.3, -0.25) is 4.79 Å². The van der Waals surface area contributed by atoms with Crippen molar-refractivity contribution in [2.45, 2.75) is 19.8 Å². The molecule has 1 rings (SSSR count). The second-order valence-electron chi connectivity index (χ2n) is 2.89. The second kappa shape index (κ2) is 4.51. The van der Waals surface area contributed by atoms with Crippen molar-refractivity contribution in [2.24, 2.45) is 0 Å². The van der Waals surface area contributed by atoms with Crippen LogP contribution in [0.5, 0.6) is 0 Å². The molecule has 0 saturated heterocycles. The van der Waals surface area contributed by atoms with E-state index in [2.05, 4.69) is 0 Å². The van der Waals surface area contributed by atoms with Gasteiger partial charge in [0.1, 0.15) is 17.4 Å². The molecule has 4 heteroatoms. The average Bonchev–Trinajstić information content (AvgIpc) is 2.18. The maximum Gasteiger partial charge on any atom is 0.148 e. The van der Waals surface area contributed by atoms with Crippen molar-refractivity contribution in [3.05, 3.63) is 34.4 Å². The van der Waals surface area contributed by atoms with Gasteiger partial charge in [-0.15, -0.1) is 0 Å². The van der Waals surface area contributed by atoms with Crippen LogP contribution in [0, 0.1) is 11.6 Å². The lowest BCUT2D eigenvalue weighted by molar-refractivity contribution is -0.118. The quantitative estimate of drug-likeness (QED) is 0.713. The highest BCUT2D eigenvalue weighted by Gasteiger charge is 2.14. The fraction of sp³-hybridized carbons (Fsp3) is 0.300. The minimum atomic E-state index is -0.839. The van der Waals surface area contributed by atoms with E-state index in [4.69, 9.17) is 11.6 Å². The normalized spacial score (nSPS) is 10.3. The highest BCUT2D eigenvalue weighted by Crippen LogP contribution is 2.21. The van der Waals surface area contributed by atoms with Crippen LogP contribution >= 0.6 is 11.6 Å². The molecule has 0 atom stereocenters. The second-order valence-corrected chi connectivity index (χ2v) is 3.30. The summed E-state index contributed by atoms with van der Waals surface area (Å²) in [5.74, 6) is -1.78. The minimum Gasteiger partial charge on any atom is -0.299 e. The van der Waals surface area contributed by atoms with Crippen molar-refractivity contribution in [3.8, 4) is 0 Å². The molecule has 0 aromatic heterocycles. The van der Waals surface area contributed by atoms with Crippen LogP contribution < -0.4 is 0 Å². The maximum absolute atomic E-state index is 13.2. The Morgan fingerprint density at radius 3 is 2.64 bits per heavy atom. The molecule has 0 aliphatic heterocycles. The Kier molecular flexibility index (Phi) is 3.58. The molecule has 76 valence electrons. The fourth-order valence-corrected chi connectivity index (χ4v) is 1.23. The summed E-state index contributed by atoms with van der Waals surface area (Å²) in [6, 6.07) is 2.19. The predicted molar refractivity (Wildman–Crippen MR) is 50.4 cm³/mol. The van der Waals surface area contributed by atoms with Crippen LogP contribution in [0.1, 0.15) is 18.9 Å². The molecule has 0 aliphatic rings. The van der Waals surface area contributed by atoms with Crippen molar-refractivity contribution >= 4 is 17.4 Å². The molecule has 0 bridgehead atoms. The van der Waals surface area contributed by atoms with Crippen LogP contribution in [0.25, 0.3) is 0 Å². The van der Waals surface area contributed by atoms with Crippen LogP contribution in [0.3, 0.4) is 0 Å². The van der Waals surface area contributed by atoms with E-state index in [0.29, 0.717) is 0 Å². The zero-order chi connectivity index (χ0) is 10.7. The Morgan fingerprint density at radius 1 is 1.43 bits per heavy atom. The molecule has 0 radical (unpaired) electrons. The first-order chi connectivity index (χ1) is 6.56. The number of halogens is 3. The molecule has 0 N–H and O–H groups in total. The Balaban J connectivity index is 3.06. The monoisotopic (exact) mass is 218 g/mol. The molecule has 0 heterocycles. The van der Waals surface area contributed by atoms with Crippen molar-refractivity contribution < 1.29 is 13.6 Å². The van der Waals surface area contributed by atoms with E-state index in [1.807, 2.05) is 0 Å². The zero-order valence-electron chi connectivity index (χ0n) is 7.61. The van der Waals surface area contributed by atoms with Gasteiger partial charge in [-0.2, -0.15) is 0 Å². The Bertz CT molecular complexity index is 363. The number of carbonyl (C=O) groups excluding carboxylic acids is 1. The molecule has 0 aliphatic carbocycles. The van der Waals surface area contributed by atoms with Gasteiger partial charge in [0.2, 0.25) is 0 Å². The van der Waals surface area contributed by atoms with Crippen LogP contribution in [-0.4, -0.2) is 5.78 Å². The van der Waals surface area contributed by atoms with Gasteiger partial charge in [0.15, 0.2) is 0 Å². The molecule has 1 nitrogen and oxygen atoms in total. The summed E-state index contributed by atoms with van der Waals surface area (Å²) in [5, 5.41) is -0.162. The van der Waals surface area contributed by atoms with E-state index in [1.165, 1.54) is 0 Å². The molecule has 0 unspecified atom stereocenters. The number of rotatable bonds is 3. The number of hydrogen-bond donors (Lipinski definition) is 0. The van der Waals surface area contributed by atoms with Crippen LogP contribution in [0.4, 0.5) is 8.78 Å². The van der Waals surface area contributed by atoms with Gasteiger partial charge in [0, 0.05) is 18.4 Å². The smallest absolute Gasteiger partial charge is 0.148 e. The third kappa shape index (κ3) is 2.29. The SMILES string of the molecule is CCC(=O)Cc1c(F)ccc(Cl)c1F. The Hall–Kier alpha value is -0.960. The van der Waals surface area contributed by atoms with Crippen LogP contribution in [0.2, 0.25) is 5.02 Å². The van der Waals surface area contributed by atoms with Crippen molar-refractivity contribution in [3.63, 3.8) is 0 Å². The van der Waals surface area contributed by atoms with Crippen molar-refractivity contribution in [1.29, 1.82) is 0 Å². The van der Waals surface area contributed by atoms with Gasteiger partial charge >= 0.3 is 0 Å². The number of Topliss-reactive ketones (excluding diaryl/α,β-unsaturated/α-hetero) is 1. The zero-order valence-corrected chi connectivity index (χ0v) is 8.37. The summed E-state index contributed by atoms with van der Waals surface area (Å²) in [5.41, 5.74) is -0.246. The van der Waals surface area contributed by atoms with E-state index in [9.17, 15) is 13.6 Å². The summed E-state index contributed by atoms with van der Waals surface area (Å²) >= 11 is 5.46. The number of hydrogen-bond acceptors (Lipinski definition) is 1. The van der Waals surface area contributed by atoms with Crippen molar-refractivity contribution in [1.82, 2.24) is 0 Å². The van der Waals surface area contributed by atoms with Crippen LogP contribution in [-0.2, 0) is 11.2 Å². The first-order valence-corrected chi connectivity index (χ1v) is 4.58. The predicted octanol–water partition coefficient (Wildman–Crippen LogP) is 3.14. The molecule has 1 aromatic rings. The van der Waals surface area contributed by atoms with Gasteiger partial charge in [-0.25, -0.2) is 8.78 Å². The lowest BCUT2D eigenvalue weighted by Crippen LogP contribution is -2.05. The number of benzene rings is 1. The third-order valence-electron chi connectivity index (χ3n) is 1.91. The fourth-order valence-electron chi connectivity index (χ4n) is 1.05. The molecule has 0 fully saturated rings. The minimum absolute atomic E-state index is 0.162. The highest BCUT2D eigenvalue weighted by molar-refractivity contribution is 6.30. The van der Waals surface area contributed by atoms with E-state index in [1.54, 1.807) is 6.92 Å². The molecule has 0 spiro atoms. The first kappa shape index (κ1) is 11.1. The standard InChI is InChI=1S/C10H9ClF2O/c1-2-6(14)5-7-9(12)4-3-8(11)10(7)13/h3-4H,2,5H2,1H3. The maximum atomic E-state index is 13.2. The first-order valence-electron chi connectivity index (χ1n) is 4.20. The van der Waals surface area contributed by atoms with Gasteiger partial charge in [0.25, 0.3) is 0 Å². The largest absolute Gasteiger partial charge is 0.299 e. The summed E-state index contributed by atoms with van der Waals surface area (Å²) in [7, 11) is 0. The summed E-state index contributed by atoms with van der Waals surface area (Å²) in [4.78, 5) is 11.0. The Morgan fingerprint density at radius 2 is 2.07 bits per heavy atom. The van der Waals surface area contributed by atoms with Gasteiger partial charge in [0.05, 0.1) is 5.02 Å². The summed E-state index contributed by atoms with van der Waals surface area (Å²) < 4.78 is 26.3. The van der Waals surface area contributed by atoms with E-state index in [0.717, 1.165) is 12.1 Å². The molecule has 0 amide bonds. The lowest BCUT2D eigenvalue weighted by atomic mass is 10.1. The molecule has 1 aromatic carbocycles. The van der Waals surface area contributed by atoms with Gasteiger partial charge < -0.3 is 0 Å². The van der Waals surface area contributed by atoms with E-state index in [-0.39, 0.29) is 29.2 Å². The molecular weight excluding hydrogens is 210 g/mol. The summed E-state index contributed by atoms with van der Waals surface area (Å²) in [6.07, 6.45) is 0.0140. The van der Waals surface area contributed by atoms with E-state index < -0.39 is 11.6 Å². The lowest BCUT2D eigenvalue weighted by Gasteiger charge is -2.04. The third-order valence-corrected chi connectivity index (χ3v) is 2.20. The number of ketones is 1. The molecule has 0 saturated carbocycles.